The van der Waals surface area contributed by atoms with Crippen molar-refractivity contribution in [1.82, 2.24) is 20.0 Å². The number of carbonyl (C=O) groups excluding carboxylic acids is 3. The highest BCUT2D eigenvalue weighted by atomic mass is 32.2. The van der Waals surface area contributed by atoms with E-state index in [4.69, 9.17) is 4.74 Å². The first-order valence-electron chi connectivity index (χ1n) is 13.0. The quantitative estimate of drug-likeness (QED) is 0.555. The number of hydrogen-bond donors (Lipinski definition) is 2. The minimum absolute atomic E-state index is 0.0546. The van der Waals surface area contributed by atoms with Crippen LogP contribution in [0.15, 0.2) is 30.3 Å². The first-order valence-corrected chi connectivity index (χ1v) is 14.1. The summed E-state index contributed by atoms with van der Waals surface area (Å²) in [6, 6.07) is 7.07. The lowest BCUT2D eigenvalue weighted by Gasteiger charge is -2.38. The Morgan fingerprint density at radius 1 is 1.11 bits per heavy atom. The minimum atomic E-state index is -1.06. The van der Waals surface area contributed by atoms with Crippen LogP contribution in [0.3, 0.4) is 0 Å². The van der Waals surface area contributed by atoms with E-state index in [2.05, 4.69) is 5.32 Å². The smallest absolute Gasteiger partial charge is 0.410 e. The molecular formula is C27H40N4O6S. The van der Waals surface area contributed by atoms with Crippen LogP contribution in [0, 0.1) is 5.92 Å². The predicted molar refractivity (Wildman–Crippen MR) is 146 cm³/mol. The van der Waals surface area contributed by atoms with Crippen molar-refractivity contribution in [2.75, 3.05) is 25.9 Å². The number of aliphatic carboxylic acids is 1. The molecule has 0 aliphatic carbocycles. The van der Waals surface area contributed by atoms with E-state index in [0.29, 0.717) is 25.9 Å². The lowest BCUT2D eigenvalue weighted by molar-refractivity contribution is -0.150. The van der Waals surface area contributed by atoms with Gasteiger partial charge in [-0.15, -0.1) is 11.8 Å². The molecule has 3 rings (SSSR count). The van der Waals surface area contributed by atoms with Gasteiger partial charge in [0.15, 0.2) is 0 Å². The van der Waals surface area contributed by atoms with Crippen LogP contribution >= 0.6 is 11.8 Å². The fourth-order valence-corrected chi connectivity index (χ4v) is 6.11. The maximum Gasteiger partial charge on any atom is 0.410 e. The molecule has 3 atom stereocenters. The molecule has 210 valence electrons. The topological polar surface area (TPSA) is 119 Å². The fourth-order valence-electron chi connectivity index (χ4n) is 4.68. The number of carboxylic acids is 1. The third-order valence-corrected chi connectivity index (χ3v) is 8.14. The zero-order valence-corrected chi connectivity index (χ0v) is 23.9. The van der Waals surface area contributed by atoms with Gasteiger partial charge in [0.25, 0.3) is 0 Å². The predicted octanol–water partition coefficient (Wildman–Crippen LogP) is 3.78. The van der Waals surface area contributed by atoms with Gasteiger partial charge in [-0.2, -0.15) is 0 Å². The number of nitrogens with zero attached hydrogens (tertiary/aromatic N) is 3. The molecule has 2 saturated heterocycles. The highest BCUT2D eigenvalue weighted by molar-refractivity contribution is 7.99. The third kappa shape index (κ3) is 7.12. The van der Waals surface area contributed by atoms with Crippen LogP contribution in [-0.2, 0) is 14.3 Å². The molecule has 1 aromatic rings. The van der Waals surface area contributed by atoms with Gasteiger partial charge in [0.05, 0.1) is 0 Å². The second-order valence-electron chi connectivity index (χ2n) is 11.2. The molecule has 11 heteroatoms. The first kappa shape index (κ1) is 29.6. The van der Waals surface area contributed by atoms with E-state index in [1.807, 2.05) is 65.0 Å². The number of carbonyl (C=O) groups is 4. The second-order valence-corrected chi connectivity index (χ2v) is 12.3. The van der Waals surface area contributed by atoms with E-state index < -0.39 is 41.0 Å². The molecule has 2 aliphatic rings. The molecule has 2 fully saturated rings. The standard InChI is InChI=1S/C27H40N4O6S/c1-17(2)21(22(32)31-20(24(33)34)16-38-23(31)18-10-8-7-9-11-18)28-25(35)30-14-12-19(13-15-30)29(6)26(36)37-27(3,4)5/h7-11,17,19-21,23H,12-16H2,1-6H3,(H,28,35)(H,33,34)/t20-,21-,23?/m0/s1. The highest BCUT2D eigenvalue weighted by Gasteiger charge is 2.45. The number of amides is 4. The molecular weight excluding hydrogens is 508 g/mol. The Bertz CT molecular complexity index is 1010. The van der Waals surface area contributed by atoms with Crippen molar-refractivity contribution in [2.45, 2.75) is 76.6 Å². The largest absolute Gasteiger partial charge is 0.480 e. The van der Waals surface area contributed by atoms with Gasteiger partial charge in [-0.25, -0.2) is 14.4 Å². The van der Waals surface area contributed by atoms with Crippen molar-refractivity contribution in [3.8, 4) is 0 Å². The molecule has 1 unspecified atom stereocenters. The molecule has 38 heavy (non-hydrogen) atoms. The van der Waals surface area contributed by atoms with Crippen molar-refractivity contribution in [2.24, 2.45) is 5.92 Å². The number of rotatable bonds is 6. The number of carboxylic acid groups (broad SMARTS) is 1. The summed E-state index contributed by atoms with van der Waals surface area (Å²) in [5, 5.41) is 12.3. The molecule has 1 aromatic carbocycles. The van der Waals surface area contributed by atoms with Crippen molar-refractivity contribution in [1.29, 1.82) is 0 Å². The van der Waals surface area contributed by atoms with E-state index in [-0.39, 0.29) is 23.7 Å². The average molecular weight is 549 g/mol. The van der Waals surface area contributed by atoms with E-state index in [0.717, 1.165) is 5.56 Å². The van der Waals surface area contributed by atoms with Gasteiger partial charge in [0.1, 0.15) is 23.1 Å². The Labute approximate surface area is 229 Å². The Kier molecular flexibility index (Phi) is 9.56. The maximum atomic E-state index is 13.8. The number of benzene rings is 1. The van der Waals surface area contributed by atoms with Crippen LogP contribution in [0.5, 0.6) is 0 Å². The lowest BCUT2D eigenvalue weighted by atomic mass is 10.0. The zero-order valence-electron chi connectivity index (χ0n) is 23.0. The van der Waals surface area contributed by atoms with Crippen molar-refractivity contribution in [3.63, 3.8) is 0 Å². The SMILES string of the molecule is CC(C)[C@H](NC(=O)N1CCC(N(C)C(=O)OC(C)(C)C)CC1)C(=O)N1C(c2ccccc2)SC[C@H]1C(=O)O. The second kappa shape index (κ2) is 12.3. The van der Waals surface area contributed by atoms with Gasteiger partial charge >= 0.3 is 18.1 Å². The normalized spacial score (nSPS) is 21.2. The summed E-state index contributed by atoms with van der Waals surface area (Å²) < 4.78 is 5.46. The van der Waals surface area contributed by atoms with Crippen molar-refractivity contribution in [3.05, 3.63) is 35.9 Å². The van der Waals surface area contributed by atoms with Crippen LogP contribution in [-0.4, -0.2) is 93.4 Å². The molecule has 0 spiro atoms. The molecule has 2 aliphatic heterocycles. The first-order chi connectivity index (χ1) is 17.8. The van der Waals surface area contributed by atoms with Crippen LogP contribution in [0.2, 0.25) is 0 Å². The molecule has 4 amide bonds. The number of ether oxygens (including phenoxy) is 1. The Morgan fingerprint density at radius 3 is 2.24 bits per heavy atom. The van der Waals surface area contributed by atoms with Crippen molar-refractivity contribution >= 4 is 35.8 Å². The van der Waals surface area contributed by atoms with Gasteiger partial charge < -0.3 is 29.9 Å². The van der Waals surface area contributed by atoms with Gasteiger partial charge in [-0.1, -0.05) is 44.2 Å². The zero-order chi connectivity index (χ0) is 28.2. The molecule has 0 bridgehead atoms. The van der Waals surface area contributed by atoms with E-state index in [1.54, 1.807) is 16.8 Å². The Morgan fingerprint density at radius 2 is 1.71 bits per heavy atom. The van der Waals surface area contributed by atoms with Crippen LogP contribution in [0.4, 0.5) is 9.59 Å². The number of urea groups is 1. The van der Waals surface area contributed by atoms with Gasteiger partial charge in [0, 0.05) is 31.9 Å². The summed E-state index contributed by atoms with van der Waals surface area (Å²) in [6.45, 7) is 9.97. The summed E-state index contributed by atoms with van der Waals surface area (Å²) in [7, 11) is 1.71. The highest BCUT2D eigenvalue weighted by Crippen LogP contribution is 2.42. The molecule has 2 N–H and O–H groups in total. The average Bonchev–Trinajstić information content (AvgIpc) is 3.31. The van der Waals surface area contributed by atoms with Gasteiger partial charge in [-0.3, -0.25) is 4.79 Å². The van der Waals surface area contributed by atoms with E-state index in [1.165, 1.54) is 16.7 Å². The molecule has 10 nitrogen and oxygen atoms in total. The minimum Gasteiger partial charge on any atom is -0.480 e. The summed E-state index contributed by atoms with van der Waals surface area (Å²) in [6.07, 6.45) is 0.780. The summed E-state index contributed by atoms with van der Waals surface area (Å²) in [5.41, 5.74) is 0.261. The molecule has 0 saturated carbocycles. The Hall–Kier alpha value is -2.95. The van der Waals surface area contributed by atoms with Gasteiger partial charge in [0.2, 0.25) is 5.91 Å². The summed E-state index contributed by atoms with van der Waals surface area (Å²) >= 11 is 1.41. The van der Waals surface area contributed by atoms with E-state index >= 15 is 0 Å². The molecule has 0 aromatic heterocycles. The van der Waals surface area contributed by atoms with Crippen molar-refractivity contribution < 1.29 is 29.0 Å². The maximum absolute atomic E-state index is 13.8. The van der Waals surface area contributed by atoms with Gasteiger partial charge in [-0.05, 0) is 45.1 Å². The third-order valence-electron chi connectivity index (χ3n) is 6.82. The summed E-state index contributed by atoms with van der Waals surface area (Å²) in [4.78, 5) is 56.1. The van der Waals surface area contributed by atoms with E-state index in [9.17, 15) is 24.3 Å². The summed E-state index contributed by atoms with van der Waals surface area (Å²) in [5.74, 6) is -1.44. The number of nitrogens with one attached hydrogen (secondary N) is 1. The lowest BCUT2D eigenvalue weighted by Crippen LogP contribution is -2.58. The number of likely N-dealkylation sites (tertiary alicyclic amines) is 1. The molecule has 0 radical (unpaired) electrons. The van der Waals surface area contributed by atoms with Crippen LogP contribution in [0.1, 0.15) is 58.4 Å². The van der Waals surface area contributed by atoms with Crippen LogP contribution in [0.25, 0.3) is 0 Å². The monoisotopic (exact) mass is 548 g/mol. The molecule has 2 heterocycles. The Balaban J connectivity index is 1.67. The fraction of sp³-hybridized carbons (Fsp3) is 0.630. The van der Waals surface area contributed by atoms with Crippen LogP contribution < -0.4 is 5.32 Å². The number of thioether (sulfide) groups is 1. The number of hydrogen-bond acceptors (Lipinski definition) is 6. The number of piperidine rings is 1.